The van der Waals surface area contributed by atoms with Crippen LogP contribution in [0.25, 0.3) is 0 Å². The summed E-state index contributed by atoms with van der Waals surface area (Å²) in [4.78, 5) is 11.7. The molecule has 2 unspecified atom stereocenters. The predicted molar refractivity (Wildman–Crippen MR) is 74.4 cm³/mol. The van der Waals surface area contributed by atoms with Gasteiger partial charge in [0.2, 0.25) is 0 Å². The zero-order valence-electron chi connectivity index (χ0n) is 11.3. The van der Waals surface area contributed by atoms with E-state index in [0.29, 0.717) is 12.1 Å². The first-order chi connectivity index (χ1) is 7.13. The van der Waals surface area contributed by atoms with Gasteiger partial charge in [0.25, 0.3) is 6.57 Å². The summed E-state index contributed by atoms with van der Waals surface area (Å²) in [5.41, 5.74) is 0. The van der Waals surface area contributed by atoms with Crippen LogP contribution in [0, 0.1) is 0 Å². The number of hydrogen-bond acceptors (Lipinski definition) is 3. The van der Waals surface area contributed by atoms with Crippen LogP contribution in [-0.2, 0) is 4.57 Å². The van der Waals surface area contributed by atoms with Crippen LogP contribution in [0.4, 0.5) is 0 Å². The summed E-state index contributed by atoms with van der Waals surface area (Å²) in [5.74, 6) is 0. The highest BCUT2D eigenvalue weighted by Crippen LogP contribution is 2.53. The highest BCUT2D eigenvalue weighted by Gasteiger charge is 2.19. The molecule has 0 radical (unpaired) electrons. The van der Waals surface area contributed by atoms with Crippen molar-refractivity contribution in [3.63, 3.8) is 0 Å². The van der Waals surface area contributed by atoms with Gasteiger partial charge in [0.05, 0.1) is 0 Å². The van der Waals surface area contributed by atoms with E-state index in [1.54, 1.807) is 0 Å². The highest BCUT2D eigenvalue weighted by atomic mass is 32.7. The lowest BCUT2D eigenvalue weighted by Gasteiger charge is -2.31. The minimum atomic E-state index is -2.93. The molecule has 0 bridgehead atoms. The van der Waals surface area contributed by atoms with Crippen LogP contribution in [0.2, 0.25) is 0 Å². The Balaban J connectivity index is 4.07. The Morgan fingerprint density at radius 2 is 1.62 bits per heavy atom. The molecule has 0 aliphatic heterocycles. The Hall–Kier alpha value is 0.500. The van der Waals surface area contributed by atoms with Crippen LogP contribution in [0.3, 0.4) is 0 Å². The standard InChI is InChI=1S/C11H26NO2PS/c1-9(2)12(10(3)4)8-7-11(5)16-15(6,13)14/h9-11H,7-8H2,1-6H3,(H,13,14). The smallest absolute Gasteiger partial charge is 0.252 e. The summed E-state index contributed by atoms with van der Waals surface area (Å²) in [6, 6.07) is 1.06. The summed E-state index contributed by atoms with van der Waals surface area (Å²) in [7, 11) is 0. The van der Waals surface area contributed by atoms with Gasteiger partial charge in [-0.1, -0.05) is 18.3 Å². The first-order valence-corrected chi connectivity index (χ1v) is 9.47. The second-order valence-electron chi connectivity index (χ2n) is 4.93. The third-order valence-corrected chi connectivity index (χ3v) is 5.74. The summed E-state index contributed by atoms with van der Waals surface area (Å²) in [6.07, 6.45) is 0.958. The van der Waals surface area contributed by atoms with Gasteiger partial charge in [-0.15, -0.1) is 0 Å². The van der Waals surface area contributed by atoms with Crippen molar-refractivity contribution in [1.29, 1.82) is 0 Å². The lowest BCUT2D eigenvalue weighted by molar-refractivity contribution is 0.173. The maximum Gasteiger partial charge on any atom is 0.252 e. The van der Waals surface area contributed by atoms with Gasteiger partial charge in [-0.25, -0.2) is 0 Å². The Morgan fingerprint density at radius 3 is 1.94 bits per heavy atom. The van der Waals surface area contributed by atoms with Crippen molar-refractivity contribution in [3.8, 4) is 0 Å². The third kappa shape index (κ3) is 7.72. The van der Waals surface area contributed by atoms with Gasteiger partial charge in [0.15, 0.2) is 0 Å². The van der Waals surface area contributed by atoms with Gasteiger partial charge in [0, 0.05) is 24.0 Å². The zero-order chi connectivity index (χ0) is 12.9. The van der Waals surface area contributed by atoms with Crippen LogP contribution in [-0.4, -0.2) is 40.3 Å². The molecule has 0 rings (SSSR count). The average molecular weight is 267 g/mol. The number of rotatable bonds is 7. The van der Waals surface area contributed by atoms with Gasteiger partial charge < -0.3 is 4.89 Å². The maximum absolute atomic E-state index is 11.2. The van der Waals surface area contributed by atoms with E-state index in [2.05, 4.69) is 32.6 Å². The molecule has 0 aromatic heterocycles. The first-order valence-electron chi connectivity index (χ1n) is 5.88. The molecule has 0 saturated carbocycles. The van der Waals surface area contributed by atoms with Crippen molar-refractivity contribution < 1.29 is 9.46 Å². The largest absolute Gasteiger partial charge is 0.337 e. The second kappa shape index (κ2) is 7.05. The van der Waals surface area contributed by atoms with Crippen molar-refractivity contribution in [1.82, 2.24) is 4.90 Å². The quantitative estimate of drug-likeness (QED) is 0.717. The topological polar surface area (TPSA) is 40.5 Å². The molecule has 5 heteroatoms. The fourth-order valence-electron chi connectivity index (χ4n) is 1.83. The first kappa shape index (κ1) is 16.5. The minimum absolute atomic E-state index is 0.237. The molecular formula is C11H26NO2PS. The molecule has 0 aliphatic rings. The van der Waals surface area contributed by atoms with E-state index in [9.17, 15) is 9.46 Å². The molecule has 0 saturated heterocycles. The molecule has 0 aromatic carbocycles. The van der Waals surface area contributed by atoms with Crippen molar-refractivity contribution >= 4 is 18.0 Å². The summed E-state index contributed by atoms with van der Waals surface area (Å²) < 4.78 is 11.2. The van der Waals surface area contributed by atoms with E-state index in [4.69, 9.17) is 0 Å². The lowest BCUT2D eigenvalue weighted by atomic mass is 10.2. The Kier molecular flexibility index (Phi) is 7.27. The summed E-state index contributed by atoms with van der Waals surface area (Å²) in [6.45, 7) is 10.3. The third-order valence-electron chi connectivity index (χ3n) is 2.50. The van der Waals surface area contributed by atoms with E-state index >= 15 is 0 Å². The van der Waals surface area contributed by atoms with Gasteiger partial charge >= 0.3 is 0 Å². The van der Waals surface area contributed by atoms with E-state index in [1.807, 2.05) is 6.92 Å². The molecule has 0 fully saturated rings. The monoisotopic (exact) mass is 267 g/mol. The van der Waals surface area contributed by atoms with Crippen molar-refractivity contribution in [2.75, 3.05) is 13.2 Å². The molecule has 16 heavy (non-hydrogen) atoms. The normalized spacial score (nSPS) is 18.1. The fourth-order valence-corrected chi connectivity index (χ4v) is 5.03. The SMILES string of the molecule is CC(CCN(C(C)C)C(C)C)SP(C)(=O)O. The van der Waals surface area contributed by atoms with Crippen LogP contribution < -0.4 is 0 Å². The average Bonchev–Trinajstić information content (AvgIpc) is 1.98. The van der Waals surface area contributed by atoms with E-state index in [-0.39, 0.29) is 5.25 Å². The van der Waals surface area contributed by atoms with Crippen LogP contribution in [0.1, 0.15) is 41.0 Å². The molecule has 0 heterocycles. The second-order valence-corrected chi connectivity index (χ2v) is 10.2. The molecule has 1 N–H and O–H groups in total. The van der Waals surface area contributed by atoms with Gasteiger partial charge in [0.1, 0.15) is 0 Å². The summed E-state index contributed by atoms with van der Waals surface area (Å²) in [5, 5.41) is 0.237. The maximum atomic E-state index is 11.2. The Bertz CT molecular complexity index is 232. The Labute approximate surface area is 104 Å². The van der Waals surface area contributed by atoms with E-state index < -0.39 is 6.57 Å². The van der Waals surface area contributed by atoms with Crippen LogP contribution in [0.15, 0.2) is 0 Å². The Morgan fingerprint density at radius 1 is 1.19 bits per heavy atom. The van der Waals surface area contributed by atoms with Gasteiger partial charge in [-0.05, 0) is 40.7 Å². The molecule has 0 amide bonds. The van der Waals surface area contributed by atoms with E-state index in [1.165, 1.54) is 18.0 Å². The van der Waals surface area contributed by atoms with Crippen molar-refractivity contribution in [3.05, 3.63) is 0 Å². The highest BCUT2D eigenvalue weighted by molar-refractivity contribution is 8.56. The molecular weight excluding hydrogens is 241 g/mol. The van der Waals surface area contributed by atoms with Gasteiger partial charge in [-0.3, -0.25) is 9.46 Å². The molecule has 3 nitrogen and oxygen atoms in total. The van der Waals surface area contributed by atoms with Crippen molar-refractivity contribution in [2.45, 2.75) is 58.4 Å². The van der Waals surface area contributed by atoms with Crippen molar-refractivity contribution in [2.24, 2.45) is 0 Å². The van der Waals surface area contributed by atoms with Crippen LogP contribution >= 0.6 is 18.0 Å². The summed E-state index contributed by atoms with van der Waals surface area (Å²) >= 11 is 1.21. The fraction of sp³-hybridized carbons (Fsp3) is 1.00. The van der Waals surface area contributed by atoms with E-state index in [0.717, 1.165) is 13.0 Å². The molecule has 98 valence electrons. The zero-order valence-corrected chi connectivity index (χ0v) is 13.0. The number of nitrogens with zero attached hydrogens (tertiary/aromatic N) is 1. The lowest BCUT2D eigenvalue weighted by Crippen LogP contribution is -2.38. The predicted octanol–water partition coefficient (Wildman–Crippen LogP) is 3.43. The minimum Gasteiger partial charge on any atom is -0.337 e. The number of hydrogen-bond donors (Lipinski definition) is 1. The molecule has 2 atom stereocenters. The molecule has 0 aromatic rings. The van der Waals surface area contributed by atoms with Gasteiger partial charge in [-0.2, -0.15) is 0 Å². The molecule has 0 aliphatic carbocycles. The van der Waals surface area contributed by atoms with Crippen LogP contribution in [0.5, 0.6) is 0 Å². The molecule has 0 spiro atoms.